The number of hydrogen-bond acceptors (Lipinski definition) is 5. The van der Waals surface area contributed by atoms with E-state index in [4.69, 9.17) is 9.26 Å². The van der Waals surface area contributed by atoms with Gasteiger partial charge in [0.25, 0.3) is 0 Å². The fourth-order valence-electron chi connectivity index (χ4n) is 2.87. The van der Waals surface area contributed by atoms with Gasteiger partial charge in [-0.25, -0.2) is 0 Å². The van der Waals surface area contributed by atoms with Crippen LogP contribution in [-0.4, -0.2) is 47.3 Å². The number of likely N-dealkylation sites (tertiary alicyclic amines) is 1. The summed E-state index contributed by atoms with van der Waals surface area (Å²) in [6.45, 7) is 3.14. The summed E-state index contributed by atoms with van der Waals surface area (Å²) in [5.74, 6) is 1.79. The van der Waals surface area contributed by atoms with Crippen LogP contribution in [0.2, 0.25) is 0 Å². The molecule has 0 saturated carbocycles. The number of carbonyl (C=O) groups excluding carboxylic acids is 1. The summed E-state index contributed by atoms with van der Waals surface area (Å²) in [5, 5.41) is 3.89. The van der Waals surface area contributed by atoms with Crippen molar-refractivity contribution in [3.63, 3.8) is 0 Å². The van der Waals surface area contributed by atoms with E-state index in [1.54, 1.807) is 0 Å². The van der Waals surface area contributed by atoms with Gasteiger partial charge in [0.1, 0.15) is 0 Å². The molecule has 2 aliphatic rings. The summed E-state index contributed by atoms with van der Waals surface area (Å²) in [6, 6.07) is 0. The second kappa shape index (κ2) is 5.69. The molecule has 1 aromatic rings. The first-order valence-electron chi connectivity index (χ1n) is 6.94. The van der Waals surface area contributed by atoms with Gasteiger partial charge in [-0.1, -0.05) is 5.16 Å². The number of nitrogens with zero attached hydrogens (tertiary/aromatic N) is 3. The molecule has 0 spiro atoms. The summed E-state index contributed by atoms with van der Waals surface area (Å²) in [5.41, 5.74) is 0. The van der Waals surface area contributed by atoms with E-state index in [0.717, 1.165) is 51.4 Å². The van der Waals surface area contributed by atoms with Gasteiger partial charge in [0.2, 0.25) is 12.3 Å². The average Bonchev–Trinajstić information content (AvgIpc) is 3.12. The minimum Gasteiger partial charge on any atom is -0.381 e. The van der Waals surface area contributed by atoms with Crippen molar-refractivity contribution in [1.82, 2.24) is 15.0 Å². The van der Waals surface area contributed by atoms with Crippen LogP contribution in [0.3, 0.4) is 0 Å². The molecule has 19 heavy (non-hydrogen) atoms. The lowest BCUT2D eigenvalue weighted by molar-refractivity contribution is -0.133. The number of ether oxygens (including phenoxy) is 1. The van der Waals surface area contributed by atoms with Gasteiger partial charge in [-0.3, -0.25) is 4.79 Å². The fourth-order valence-corrected chi connectivity index (χ4v) is 2.87. The molecule has 1 atom stereocenters. The highest BCUT2D eigenvalue weighted by Crippen LogP contribution is 2.26. The van der Waals surface area contributed by atoms with Crippen molar-refractivity contribution in [2.45, 2.75) is 31.6 Å². The van der Waals surface area contributed by atoms with Crippen LogP contribution in [0.1, 0.15) is 37.4 Å². The van der Waals surface area contributed by atoms with Crippen LogP contribution in [0, 0.1) is 5.92 Å². The van der Waals surface area contributed by atoms with Crippen LogP contribution in [0.25, 0.3) is 0 Å². The molecule has 6 heteroatoms. The smallest absolute Gasteiger partial charge is 0.222 e. The van der Waals surface area contributed by atoms with Gasteiger partial charge in [0, 0.05) is 38.6 Å². The molecule has 1 aromatic heterocycles. The fraction of sp³-hybridized carbons (Fsp3) is 0.769. The third kappa shape index (κ3) is 2.94. The summed E-state index contributed by atoms with van der Waals surface area (Å²) >= 11 is 0. The summed E-state index contributed by atoms with van der Waals surface area (Å²) in [7, 11) is 0. The molecule has 2 aliphatic heterocycles. The number of piperidine rings is 1. The predicted octanol–water partition coefficient (Wildman–Crippen LogP) is 1.20. The van der Waals surface area contributed by atoms with Gasteiger partial charge >= 0.3 is 0 Å². The third-order valence-corrected chi connectivity index (χ3v) is 4.08. The molecule has 0 aromatic carbocycles. The van der Waals surface area contributed by atoms with Crippen molar-refractivity contribution in [1.29, 1.82) is 0 Å². The Labute approximate surface area is 112 Å². The molecule has 2 saturated heterocycles. The first kappa shape index (κ1) is 12.6. The Hall–Kier alpha value is -1.43. The molecule has 3 rings (SSSR count). The van der Waals surface area contributed by atoms with Gasteiger partial charge in [-0.05, 0) is 25.2 Å². The predicted molar refractivity (Wildman–Crippen MR) is 66.4 cm³/mol. The number of hydrogen-bond donors (Lipinski definition) is 0. The molecule has 2 fully saturated rings. The Morgan fingerprint density at radius 3 is 2.84 bits per heavy atom. The van der Waals surface area contributed by atoms with Gasteiger partial charge in [0.15, 0.2) is 5.82 Å². The van der Waals surface area contributed by atoms with E-state index < -0.39 is 0 Å². The molecule has 0 N–H and O–H groups in total. The van der Waals surface area contributed by atoms with Crippen molar-refractivity contribution in [2.24, 2.45) is 5.92 Å². The number of amides is 1. The summed E-state index contributed by atoms with van der Waals surface area (Å²) < 4.78 is 10.1. The van der Waals surface area contributed by atoms with Crippen LogP contribution >= 0.6 is 0 Å². The van der Waals surface area contributed by atoms with E-state index >= 15 is 0 Å². The lowest BCUT2D eigenvalue weighted by Gasteiger charge is -2.31. The molecule has 0 unspecified atom stereocenters. The normalized spacial score (nSPS) is 24.8. The zero-order valence-electron chi connectivity index (χ0n) is 11.0. The Balaban J connectivity index is 1.48. The van der Waals surface area contributed by atoms with Gasteiger partial charge in [-0.15, -0.1) is 0 Å². The first-order chi connectivity index (χ1) is 9.33. The Morgan fingerprint density at radius 1 is 1.37 bits per heavy atom. The summed E-state index contributed by atoms with van der Waals surface area (Å²) in [6.07, 6.45) is 4.86. The monoisotopic (exact) mass is 265 g/mol. The molecule has 0 radical (unpaired) electrons. The van der Waals surface area contributed by atoms with Crippen LogP contribution in [0.4, 0.5) is 0 Å². The molecule has 0 bridgehead atoms. The maximum atomic E-state index is 12.2. The maximum Gasteiger partial charge on any atom is 0.222 e. The van der Waals surface area contributed by atoms with E-state index in [1.165, 1.54) is 6.39 Å². The first-order valence-corrected chi connectivity index (χ1v) is 6.94. The minimum absolute atomic E-state index is 0.266. The zero-order valence-corrected chi connectivity index (χ0v) is 11.0. The summed E-state index contributed by atoms with van der Waals surface area (Å²) in [4.78, 5) is 18.2. The quantitative estimate of drug-likeness (QED) is 0.821. The van der Waals surface area contributed by atoms with E-state index in [2.05, 4.69) is 10.1 Å². The van der Waals surface area contributed by atoms with Gasteiger partial charge in [0.05, 0.1) is 0 Å². The highest BCUT2D eigenvalue weighted by Gasteiger charge is 2.28. The Bertz CT molecular complexity index is 407. The molecule has 1 amide bonds. The molecule has 0 aliphatic carbocycles. The highest BCUT2D eigenvalue weighted by atomic mass is 16.5. The number of carbonyl (C=O) groups is 1. The topological polar surface area (TPSA) is 68.5 Å². The lowest BCUT2D eigenvalue weighted by atomic mass is 9.95. The maximum absolute atomic E-state index is 12.2. The molecule has 6 nitrogen and oxygen atoms in total. The van der Waals surface area contributed by atoms with E-state index in [-0.39, 0.29) is 5.91 Å². The molecule has 3 heterocycles. The van der Waals surface area contributed by atoms with Crippen LogP contribution < -0.4 is 0 Å². The second-order valence-corrected chi connectivity index (χ2v) is 5.38. The lowest BCUT2D eigenvalue weighted by Crippen LogP contribution is -2.38. The van der Waals surface area contributed by atoms with Crippen LogP contribution in [0.5, 0.6) is 0 Å². The van der Waals surface area contributed by atoms with Crippen molar-refractivity contribution < 1.29 is 14.1 Å². The van der Waals surface area contributed by atoms with Crippen molar-refractivity contribution in [2.75, 3.05) is 26.3 Å². The van der Waals surface area contributed by atoms with E-state index in [0.29, 0.717) is 18.3 Å². The van der Waals surface area contributed by atoms with Crippen molar-refractivity contribution in [3.05, 3.63) is 12.2 Å². The van der Waals surface area contributed by atoms with E-state index in [9.17, 15) is 4.79 Å². The standard InChI is InChI=1S/C13H19N3O3/c17-12(7-10-3-6-18-8-10)16-4-1-11(2-5-16)13-14-9-19-15-13/h9-11H,1-8H2/t10-/m0/s1. The highest BCUT2D eigenvalue weighted by molar-refractivity contribution is 5.76. The van der Waals surface area contributed by atoms with Gasteiger partial charge in [-0.2, -0.15) is 4.98 Å². The number of rotatable bonds is 3. The largest absolute Gasteiger partial charge is 0.381 e. The molecular formula is C13H19N3O3. The third-order valence-electron chi connectivity index (χ3n) is 4.08. The Kier molecular flexibility index (Phi) is 3.77. The SMILES string of the molecule is O=C(C[C@@H]1CCOC1)N1CCC(c2ncon2)CC1. The minimum atomic E-state index is 0.266. The van der Waals surface area contributed by atoms with E-state index in [1.807, 2.05) is 4.90 Å². The van der Waals surface area contributed by atoms with Crippen molar-refractivity contribution in [3.8, 4) is 0 Å². The van der Waals surface area contributed by atoms with Crippen molar-refractivity contribution >= 4 is 5.91 Å². The number of aromatic nitrogens is 2. The molecular weight excluding hydrogens is 246 g/mol. The average molecular weight is 265 g/mol. The zero-order chi connectivity index (χ0) is 13.1. The van der Waals surface area contributed by atoms with Gasteiger partial charge < -0.3 is 14.2 Å². The Morgan fingerprint density at radius 2 is 2.21 bits per heavy atom. The van der Waals surface area contributed by atoms with Crippen LogP contribution in [-0.2, 0) is 9.53 Å². The van der Waals surface area contributed by atoms with Crippen LogP contribution in [0.15, 0.2) is 10.9 Å². The molecule has 104 valence electrons. The second-order valence-electron chi connectivity index (χ2n) is 5.38.